The monoisotopic (exact) mass is 265 g/mol. The van der Waals surface area contributed by atoms with Gasteiger partial charge < -0.3 is 15.3 Å². The third-order valence-corrected chi connectivity index (χ3v) is 2.34. The fraction of sp³-hybridized carbons (Fsp3) is 0.333. The maximum absolute atomic E-state index is 12.0. The SMILES string of the molecule is CCNC(=O)CN(C)C(=O)c1ncccc1C(=O)O. The van der Waals surface area contributed by atoms with Crippen LogP contribution in [-0.4, -0.2) is 52.9 Å². The summed E-state index contributed by atoms with van der Waals surface area (Å²) in [6.45, 7) is 2.08. The van der Waals surface area contributed by atoms with E-state index in [1.165, 1.54) is 25.4 Å². The highest BCUT2D eigenvalue weighted by atomic mass is 16.4. The Morgan fingerprint density at radius 3 is 2.68 bits per heavy atom. The number of carbonyl (C=O) groups excluding carboxylic acids is 2. The van der Waals surface area contributed by atoms with E-state index in [1.807, 2.05) is 0 Å². The summed E-state index contributed by atoms with van der Waals surface area (Å²) in [7, 11) is 1.41. The van der Waals surface area contributed by atoms with Crippen molar-refractivity contribution in [2.45, 2.75) is 6.92 Å². The number of pyridine rings is 1. The minimum atomic E-state index is -1.23. The van der Waals surface area contributed by atoms with Gasteiger partial charge in [0.15, 0.2) is 0 Å². The number of carboxylic acids is 1. The third-order valence-electron chi connectivity index (χ3n) is 2.34. The van der Waals surface area contributed by atoms with Crippen molar-refractivity contribution < 1.29 is 19.5 Å². The molecule has 2 amide bonds. The van der Waals surface area contributed by atoms with Crippen molar-refractivity contribution in [3.63, 3.8) is 0 Å². The van der Waals surface area contributed by atoms with E-state index in [0.29, 0.717) is 6.54 Å². The van der Waals surface area contributed by atoms with E-state index >= 15 is 0 Å². The summed E-state index contributed by atoms with van der Waals surface area (Å²) in [6.07, 6.45) is 1.33. The first-order chi connectivity index (χ1) is 8.97. The summed E-state index contributed by atoms with van der Waals surface area (Å²) in [5.74, 6) is -2.15. The summed E-state index contributed by atoms with van der Waals surface area (Å²) in [5, 5.41) is 11.5. The van der Waals surface area contributed by atoms with Gasteiger partial charge in [-0.25, -0.2) is 4.79 Å². The molecular formula is C12H15N3O4. The average molecular weight is 265 g/mol. The largest absolute Gasteiger partial charge is 0.478 e. The highest BCUT2D eigenvalue weighted by molar-refractivity contribution is 6.03. The molecule has 0 saturated carbocycles. The Hall–Kier alpha value is -2.44. The molecule has 0 aliphatic rings. The van der Waals surface area contributed by atoms with Crippen LogP contribution in [0, 0.1) is 0 Å². The van der Waals surface area contributed by atoms with Gasteiger partial charge in [0.1, 0.15) is 5.69 Å². The van der Waals surface area contributed by atoms with Crippen molar-refractivity contribution in [2.24, 2.45) is 0 Å². The number of hydrogen-bond donors (Lipinski definition) is 2. The van der Waals surface area contributed by atoms with Gasteiger partial charge >= 0.3 is 5.97 Å². The smallest absolute Gasteiger partial charge is 0.338 e. The summed E-state index contributed by atoms with van der Waals surface area (Å²) in [4.78, 5) is 39.3. The molecule has 7 nitrogen and oxygen atoms in total. The maximum atomic E-state index is 12.0. The van der Waals surface area contributed by atoms with E-state index in [4.69, 9.17) is 5.11 Å². The molecule has 0 aliphatic heterocycles. The van der Waals surface area contributed by atoms with Crippen LogP contribution < -0.4 is 5.32 Å². The van der Waals surface area contributed by atoms with Gasteiger partial charge in [0.05, 0.1) is 12.1 Å². The molecule has 0 radical (unpaired) electrons. The number of aromatic nitrogens is 1. The van der Waals surface area contributed by atoms with E-state index in [0.717, 1.165) is 4.90 Å². The van der Waals surface area contributed by atoms with Gasteiger partial charge in [-0.15, -0.1) is 0 Å². The van der Waals surface area contributed by atoms with Crippen molar-refractivity contribution in [1.29, 1.82) is 0 Å². The van der Waals surface area contributed by atoms with Crippen molar-refractivity contribution in [2.75, 3.05) is 20.1 Å². The zero-order valence-electron chi connectivity index (χ0n) is 10.7. The molecule has 1 rings (SSSR count). The molecule has 1 aromatic heterocycles. The second kappa shape index (κ2) is 6.48. The predicted molar refractivity (Wildman–Crippen MR) is 66.8 cm³/mol. The highest BCUT2D eigenvalue weighted by Crippen LogP contribution is 2.08. The average Bonchev–Trinajstić information content (AvgIpc) is 2.37. The van der Waals surface area contributed by atoms with Crippen molar-refractivity contribution >= 4 is 17.8 Å². The second-order valence-electron chi connectivity index (χ2n) is 3.82. The molecule has 0 atom stereocenters. The number of nitrogens with one attached hydrogen (secondary N) is 1. The Labute approximate surface area is 110 Å². The zero-order valence-corrected chi connectivity index (χ0v) is 10.7. The van der Waals surface area contributed by atoms with Gasteiger partial charge in [0.25, 0.3) is 5.91 Å². The first-order valence-corrected chi connectivity index (χ1v) is 5.67. The van der Waals surface area contributed by atoms with Crippen LogP contribution in [0.3, 0.4) is 0 Å². The van der Waals surface area contributed by atoms with Crippen LogP contribution in [-0.2, 0) is 4.79 Å². The molecule has 1 heterocycles. The normalized spacial score (nSPS) is 9.79. The predicted octanol–water partition coefficient (Wildman–Crippen LogP) is -0.0121. The zero-order chi connectivity index (χ0) is 14.4. The molecule has 0 aliphatic carbocycles. The van der Waals surface area contributed by atoms with Crippen LogP contribution in [0.2, 0.25) is 0 Å². The molecule has 102 valence electrons. The lowest BCUT2D eigenvalue weighted by molar-refractivity contribution is -0.121. The Morgan fingerprint density at radius 1 is 1.42 bits per heavy atom. The molecule has 7 heteroatoms. The molecule has 19 heavy (non-hydrogen) atoms. The molecule has 0 saturated heterocycles. The maximum Gasteiger partial charge on any atom is 0.338 e. The van der Waals surface area contributed by atoms with Crippen LogP contribution in [0.25, 0.3) is 0 Å². The molecule has 0 spiro atoms. The van der Waals surface area contributed by atoms with Crippen LogP contribution in [0.1, 0.15) is 27.8 Å². The topological polar surface area (TPSA) is 99.6 Å². The van der Waals surface area contributed by atoms with Crippen LogP contribution in [0.15, 0.2) is 18.3 Å². The number of aromatic carboxylic acids is 1. The number of carbonyl (C=O) groups is 3. The van der Waals surface area contributed by atoms with Gasteiger partial charge in [0.2, 0.25) is 5.91 Å². The van der Waals surface area contributed by atoms with Gasteiger partial charge in [-0.2, -0.15) is 0 Å². The summed E-state index contributed by atoms with van der Waals surface area (Å²) in [6, 6.07) is 2.73. The van der Waals surface area contributed by atoms with E-state index < -0.39 is 11.9 Å². The number of hydrogen-bond acceptors (Lipinski definition) is 4. The summed E-state index contributed by atoms with van der Waals surface area (Å²) < 4.78 is 0. The van der Waals surface area contributed by atoms with E-state index in [2.05, 4.69) is 10.3 Å². The van der Waals surface area contributed by atoms with E-state index in [9.17, 15) is 14.4 Å². The third kappa shape index (κ3) is 3.77. The lowest BCUT2D eigenvalue weighted by Crippen LogP contribution is -2.39. The summed E-state index contributed by atoms with van der Waals surface area (Å²) in [5.41, 5.74) is -0.364. The van der Waals surface area contributed by atoms with Crippen LogP contribution in [0.4, 0.5) is 0 Å². The van der Waals surface area contributed by atoms with Crippen LogP contribution in [0.5, 0.6) is 0 Å². The Bertz CT molecular complexity index is 502. The minimum absolute atomic E-state index is 0.150. The van der Waals surface area contributed by atoms with E-state index in [1.54, 1.807) is 6.92 Å². The van der Waals surface area contributed by atoms with Crippen LogP contribution >= 0.6 is 0 Å². The number of carboxylic acid groups (broad SMARTS) is 1. The molecular weight excluding hydrogens is 250 g/mol. The Balaban J connectivity index is 2.88. The molecule has 0 aromatic carbocycles. The van der Waals surface area contributed by atoms with Gasteiger partial charge in [-0.05, 0) is 19.1 Å². The molecule has 1 aromatic rings. The van der Waals surface area contributed by atoms with Crippen molar-refractivity contribution in [3.8, 4) is 0 Å². The number of rotatable bonds is 5. The standard InChI is InChI=1S/C12H15N3O4/c1-3-13-9(16)7-15(2)11(17)10-8(12(18)19)5-4-6-14-10/h4-6H,3,7H2,1-2H3,(H,13,16)(H,18,19). The van der Waals surface area contributed by atoms with Gasteiger partial charge in [-0.1, -0.05) is 0 Å². The highest BCUT2D eigenvalue weighted by Gasteiger charge is 2.21. The molecule has 0 fully saturated rings. The minimum Gasteiger partial charge on any atom is -0.478 e. The number of nitrogens with zero attached hydrogens (tertiary/aromatic N) is 2. The van der Waals surface area contributed by atoms with Gasteiger partial charge in [0, 0.05) is 19.8 Å². The lowest BCUT2D eigenvalue weighted by Gasteiger charge is -2.16. The molecule has 0 unspecified atom stereocenters. The fourth-order valence-electron chi connectivity index (χ4n) is 1.47. The van der Waals surface area contributed by atoms with E-state index in [-0.39, 0.29) is 23.7 Å². The Kier molecular flexibility index (Phi) is 4.99. The van der Waals surface area contributed by atoms with Crippen molar-refractivity contribution in [1.82, 2.24) is 15.2 Å². The number of amides is 2. The first-order valence-electron chi connectivity index (χ1n) is 5.67. The quantitative estimate of drug-likeness (QED) is 0.780. The first kappa shape index (κ1) is 14.6. The number of likely N-dealkylation sites (N-methyl/N-ethyl adjacent to an activating group) is 2. The second-order valence-corrected chi connectivity index (χ2v) is 3.82. The Morgan fingerprint density at radius 2 is 2.11 bits per heavy atom. The van der Waals surface area contributed by atoms with Crippen molar-refractivity contribution in [3.05, 3.63) is 29.6 Å². The fourth-order valence-corrected chi connectivity index (χ4v) is 1.47. The lowest BCUT2D eigenvalue weighted by atomic mass is 10.2. The molecule has 0 bridgehead atoms. The molecule has 2 N–H and O–H groups in total. The van der Waals surface area contributed by atoms with Gasteiger partial charge in [-0.3, -0.25) is 14.6 Å². The summed E-state index contributed by atoms with van der Waals surface area (Å²) >= 11 is 0.